The summed E-state index contributed by atoms with van der Waals surface area (Å²) in [6.45, 7) is 1.63. The molecule has 0 radical (unpaired) electrons. The summed E-state index contributed by atoms with van der Waals surface area (Å²) in [5, 5.41) is 12.5. The summed E-state index contributed by atoms with van der Waals surface area (Å²) in [6, 6.07) is 13.5. The number of ether oxygens (including phenoxy) is 1. The van der Waals surface area contributed by atoms with Gasteiger partial charge in [-0.2, -0.15) is 0 Å². The smallest absolute Gasteiger partial charge is 0.308 e. The van der Waals surface area contributed by atoms with Crippen LogP contribution in [-0.2, 0) is 15.1 Å². The van der Waals surface area contributed by atoms with Gasteiger partial charge in [-0.05, 0) is 23.3 Å². The lowest BCUT2D eigenvalue weighted by atomic mass is 9.88. The van der Waals surface area contributed by atoms with Crippen molar-refractivity contribution in [1.29, 1.82) is 0 Å². The molecular formula is C15H16O3. The molecule has 0 aliphatic heterocycles. The van der Waals surface area contributed by atoms with E-state index in [0.717, 1.165) is 16.3 Å². The second-order valence-corrected chi connectivity index (χ2v) is 4.55. The second kappa shape index (κ2) is 4.78. The van der Waals surface area contributed by atoms with Gasteiger partial charge in [0.25, 0.3) is 0 Å². The van der Waals surface area contributed by atoms with Crippen LogP contribution in [0.25, 0.3) is 10.8 Å². The van der Waals surface area contributed by atoms with Crippen molar-refractivity contribution in [1.82, 2.24) is 0 Å². The fourth-order valence-corrected chi connectivity index (χ4v) is 2.14. The maximum atomic E-state index is 11.4. The van der Waals surface area contributed by atoms with E-state index < -0.39 is 11.6 Å². The number of carbonyl (C=O) groups is 1. The Hall–Kier alpha value is -1.87. The molecule has 3 nitrogen and oxygen atoms in total. The van der Waals surface area contributed by atoms with Crippen molar-refractivity contribution in [2.24, 2.45) is 0 Å². The van der Waals surface area contributed by atoms with E-state index in [4.69, 9.17) is 0 Å². The number of carbonyl (C=O) groups excluding carboxylic acids is 1. The largest absolute Gasteiger partial charge is 0.469 e. The Morgan fingerprint density at radius 1 is 1.22 bits per heavy atom. The lowest BCUT2D eigenvalue weighted by Gasteiger charge is -2.24. The van der Waals surface area contributed by atoms with E-state index in [9.17, 15) is 9.90 Å². The Bertz CT molecular complexity index is 567. The first kappa shape index (κ1) is 12.6. The quantitative estimate of drug-likeness (QED) is 0.844. The Morgan fingerprint density at radius 3 is 2.61 bits per heavy atom. The molecule has 1 N–H and O–H groups in total. The predicted octanol–water partition coefficient (Wildman–Crippen LogP) is 2.61. The van der Waals surface area contributed by atoms with Crippen LogP contribution in [0.1, 0.15) is 18.9 Å². The van der Waals surface area contributed by atoms with Crippen LogP contribution in [0.2, 0.25) is 0 Å². The first-order chi connectivity index (χ1) is 8.54. The maximum Gasteiger partial charge on any atom is 0.308 e. The number of aliphatic hydroxyl groups is 1. The van der Waals surface area contributed by atoms with E-state index in [1.807, 2.05) is 42.5 Å². The molecule has 0 aliphatic rings. The summed E-state index contributed by atoms with van der Waals surface area (Å²) < 4.78 is 4.62. The molecule has 0 aliphatic carbocycles. The molecule has 0 fully saturated rings. The van der Waals surface area contributed by atoms with Crippen molar-refractivity contribution < 1.29 is 14.6 Å². The molecule has 0 saturated heterocycles. The fourth-order valence-electron chi connectivity index (χ4n) is 2.14. The standard InChI is InChI=1S/C15H16O3/c1-15(17,10-14(16)18-2)13-9-5-7-11-6-3-4-8-12(11)13/h3-9,17H,10H2,1-2H3. The minimum Gasteiger partial charge on any atom is -0.469 e. The highest BCUT2D eigenvalue weighted by Gasteiger charge is 2.28. The zero-order valence-corrected chi connectivity index (χ0v) is 10.5. The molecule has 2 aromatic carbocycles. The van der Waals surface area contributed by atoms with E-state index in [2.05, 4.69) is 4.74 Å². The predicted molar refractivity (Wildman–Crippen MR) is 70.2 cm³/mol. The van der Waals surface area contributed by atoms with Gasteiger partial charge in [-0.15, -0.1) is 0 Å². The summed E-state index contributed by atoms with van der Waals surface area (Å²) in [4.78, 5) is 11.4. The fraction of sp³-hybridized carbons (Fsp3) is 0.267. The number of fused-ring (bicyclic) bond motifs is 1. The maximum absolute atomic E-state index is 11.4. The lowest BCUT2D eigenvalue weighted by Crippen LogP contribution is -2.26. The first-order valence-corrected chi connectivity index (χ1v) is 5.82. The van der Waals surface area contributed by atoms with Crippen LogP contribution in [0.15, 0.2) is 42.5 Å². The van der Waals surface area contributed by atoms with Gasteiger partial charge < -0.3 is 9.84 Å². The number of hydrogen-bond donors (Lipinski definition) is 1. The highest BCUT2D eigenvalue weighted by Crippen LogP contribution is 2.31. The Morgan fingerprint density at radius 2 is 1.89 bits per heavy atom. The van der Waals surface area contributed by atoms with Crippen LogP contribution in [-0.4, -0.2) is 18.2 Å². The second-order valence-electron chi connectivity index (χ2n) is 4.55. The molecule has 0 bridgehead atoms. The Kier molecular flexibility index (Phi) is 3.34. The van der Waals surface area contributed by atoms with E-state index >= 15 is 0 Å². The van der Waals surface area contributed by atoms with Gasteiger partial charge in [0.15, 0.2) is 0 Å². The van der Waals surface area contributed by atoms with Gasteiger partial charge >= 0.3 is 5.97 Å². The minimum atomic E-state index is -1.23. The Balaban J connectivity index is 2.50. The molecule has 0 amide bonds. The number of benzene rings is 2. The molecule has 0 heterocycles. The molecule has 2 rings (SSSR count). The molecule has 0 saturated carbocycles. The third kappa shape index (κ3) is 2.36. The van der Waals surface area contributed by atoms with Crippen LogP contribution in [0.3, 0.4) is 0 Å². The lowest BCUT2D eigenvalue weighted by molar-refractivity contribution is -0.145. The van der Waals surface area contributed by atoms with Crippen LogP contribution in [0, 0.1) is 0 Å². The summed E-state index contributed by atoms with van der Waals surface area (Å²) in [5.74, 6) is -0.423. The van der Waals surface area contributed by atoms with Gasteiger partial charge in [-0.1, -0.05) is 42.5 Å². The number of methoxy groups -OCH3 is 1. The molecule has 0 aromatic heterocycles. The molecule has 94 valence electrons. The van der Waals surface area contributed by atoms with E-state index in [-0.39, 0.29) is 6.42 Å². The molecule has 18 heavy (non-hydrogen) atoms. The number of rotatable bonds is 3. The summed E-state index contributed by atoms with van der Waals surface area (Å²) in [7, 11) is 1.32. The minimum absolute atomic E-state index is 0.0580. The summed E-state index contributed by atoms with van der Waals surface area (Å²) in [6.07, 6.45) is -0.0580. The zero-order chi connectivity index (χ0) is 13.2. The van der Waals surface area contributed by atoms with Crippen molar-refractivity contribution in [3.63, 3.8) is 0 Å². The van der Waals surface area contributed by atoms with E-state index in [1.54, 1.807) is 6.92 Å². The molecule has 1 unspecified atom stereocenters. The van der Waals surface area contributed by atoms with Crippen LogP contribution >= 0.6 is 0 Å². The van der Waals surface area contributed by atoms with E-state index in [0.29, 0.717) is 0 Å². The van der Waals surface area contributed by atoms with E-state index in [1.165, 1.54) is 7.11 Å². The average molecular weight is 244 g/mol. The van der Waals surface area contributed by atoms with Crippen LogP contribution in [0.4, 0.5) is 0 Å². The third-order valence-corrected chi connectivity index (χ3v) is 3.09. The van der Waals surface area contributed by atoms with Crippen molar-refractivity contribution in [3.05, 3.63) is 48.0 Å². The highest BCUT2D eigenvalue weighted by atomic mass is 16.5. The zero-order valence-electron chi connectivity index (χ0n) is 10.5. The summed E-state index contributed by atoms with van der Waals surface area (Å²) >= 11 is 0. The van der Waals surface area contributed by atoms with Crippen LogP contribution < -0.4 is 0 Å². The molecule has 0 spiro atoms. The third-order valence-electron chi connectivity index (χ3n) is 3.09. The molecule has 1 atom stereocenters. The normalized spacial score (nSPS) is 14.2. The monoisotopic (exact) mass is 244 g/mol. The van der Waals surface area contributed by atoms with Gasteiger partial charge in [0, 0.05) is 0 Å². The van der Waals surface area contributed by atoms with Gasteiger partial charge in [0.1, 0.15) is 0 Å². The molecule has 3 heteroatoms. The van der Waals surface area contributed by atoms with Crippen LogP contribution in [0.5, 0.6) is 0 Å². The topological polar surface area (TPSA) is 46.5 Å². The van der Waals surface area contributed by atoms with Gasteiger partial charge in [0.2, 0.25) is 0 Å². The van der Waals surface area contributed by atoms with Gasteiger partial charge in [-0.3, -0.25) is 4.79 Å². The van der Waals surface area contributed by atoms with Crippen molar-refractivity contribution >= 4 is 16.7 Å². The number of esters is 1. The summed E-state index contributed by atoms with van der Waals surface area (Å²) in [5.41, 5.74) is -0.487. The van der Waals surface area contributed by atoms with Gasteiger partial charge in [0.05, 0.1) is 19.1 Å². The average Bonchev–Trinajstić information content (AvgIpc) is 2.37. The van der Waals surface area contributed by atoms with Crippen molar-refractivity contribution in [2.45, 2.75) is 18.9 Å². The highest BCUT2D eigenvalue weighted by molar-refractivity contribution is 5.87. The van der Waals surface area contributed by atoms with Crippen molar-refractivity contribution in [2.75, 3.05) is 7.11 Å². The molecule has 2 aromatic rings. The van der Waals surface area contributed by atoms with Crippen molar-refractivity contribution in [3.8, 4) is 0 Å². The SMILES string of the molecule is COC(=O)CC(C)(O)c1cccc2ccccc12. The van der Waals surface area contributed by atoms with Gasteiger partial charge in [-0.25, -0.2) is 0 Å². The first-order valence-electron chi connectivity index (χ1n) is 5.82. The Labute approximate surface area is 106 Å². The number of hydrogen-bond acceptors (Lipinski definition) is 3. The molecular weight excluding hydrogens is 228 g/mol.